The van der Waals surface area contributed by atoms with Crippen LogP contribution < -0.4 is 9.92 Å². The van der Waals surface area contributed by atoms with Crippen molar-refractivity contribution in [3.63, 3.8) is 0 Å². The summed E-state index contributed by atoms with van der Waals surface area (Å²) in [6.07, 6.45) is -4.94. The third-order valence-electron chi connectivity index (χ3n) is 5.05. The first-order chi connectivity index (χ1) is 15.0. The van der Waals surface area contributed by atoms with Crippen LogP contribution in [0.3, 0.4) is 0 Å². The topological polar surface area (TPSA) is 9.23 Å². The van der Waals surface area contributed by atoms with Crippen LogP contribution in [0, 0.1) is 5.82 Å². The quantitative estimate of drug-likeness (QED) is 0.270. The Morgan fingerprint density at radius 2 is 1.50 bits per heavy atom. The number of ether oxygens (including phenoxy) is 1. The van der Waals surface area contributed by atoms with Gasteiger partial charge < -0.3 is 4.74 Å². The lowest BCUT2D eigenvalue weighted by Crippen LogP contribution is -2.43. The van der Waals surface area contributed by atoms with Gasteiger partial charge in [-0.3, -0.25) is 0 Å². The van der Waals surface area contributed by atoms with Gasteiger partial charge in [0.15, 0.2) is 19.6 Å². The van der Waals surface area contributed by atoms with Crippen LogP contribution in [0.5, 0.6) is 11.5 Å². The fourth-order valence-corrected chi connectivity index (χ4v) is 5.17. The molecule has 0 radical (unpaired) electrons. The average Bonchev–Trinajstić information content (AvgIpc) is 2.75. The molecule has 0 spiro atoms. The maximum atomic E-state index is 15.0. The molecular formula is C24H20F6OSi. The summed E-state index contributed by atoms with van der Waals surface area (Å²) in [5, 5.41) is 0.324. The molecular weight excluding hydrogens is 446 g/mol. The van der Waals surface area contributed by atoms with Crippen LogP contribution in [0.2, 0.25) is 13.1 Å². The average molecular weight is 466 g/mol. The van der Waals surface area contributed by atoms with E-state index in [4.69, 9.17) is 4.74 Å². The van der Waals surface area contributed by atoms with Gasteiger partial charge in [-0.2, -0.15) is 13.2 Å². The zero-order valence-corrected chi connectivity index (χ0v) is 18.3. The van der Waals surface area contributed by atoms with Crippen LogP contribution in [0.15, 0.2) is 84.1 Å². The van der Waals surface area contributed by atoms with E-state index in [9.17, 15) is 22.0 Å². The highest BCUT2D eigenvalue weighted by atomic mass is 28.3. The molecule has 0 saturated heterocycles. The van der Waals surface area contributed by atoms with E-state index in [1.807, 2.05) is 0 Å². The fraction of sp³-hybridized carbons (Fsp3) is 0.167. The molecule has 3 aromatic rings. The van der Waals surface area contributed by atoms with Crippen molar-refractivity contribution in [2.75, 3.05) is 0 Å². The van der Waals surface area contributed by atoms with Crippen molar-refractivity contribution in [2.45, 2.75) is 25.7 Å². The fourth-order valence-electron chi connectivity index (χ4n) is 3.15. The molecule has 0 unspecified atom stereocenters. The van der Waals surface area contributed by atoms with E-state index >= 15 is 4.39 Å². The van der Waals surface area contributed by atoms with Crippen LogP contribution >= 0.6 is 0 Å². The smallest absolute Gasteiger partial charge is 0.416 e. The molecule has 168 valence electrons. The van der Waals surface area contributed by atoms with Crippen molar-refractivity contribution in [3.05, 3.63) is 101 Å². The summed E-state index contributed by atoms with van der Waals surface area (Å²) in [5.74, 6) is -1.43. The molecule has 0 aliphatic rings. The van der Waals surface area contributed by atoms with Gasteiger partial charge in [-0.25, -0.2) is 13.2 Å². The first-order valence-electron chi connectivity index (χ1n) is 9.72. The van der Waals surface area contributed by atoms with E-state index in [0.29, 0.717) is 16.5 Å². The largest absolute Gasteiger partial charge is 0.454 e. The highest BCUT2D eigenvalue weighted by Crippen LogP contribution is 2.31. The number of rotatable bonds is 6. The summed E-state index contributed by atoms with van der Waals surface area (Å²) in [6, 6.07) is 16.3. The third kappa shape index (κ3) is 5.42. The summed E-state index contributed by atoms with van der Waals surface area (Å²) >= 11 is 0. The van der Waals surface area contributed by atoms with Gasteiger partial charge in [0.1, 0.15) is 17.0 Å². The number of halogens is 6. The Labute approximate surface area is 183 Å². The minimum absolute atomic E-state index is 0.124. The van der Waals surface area contributed by atoms with Crippen LogP contribution in [0.4, 0.5) is 26.3 Å². The zero-order valence-electron chi connectivity index (χ0n) is 17.3. The van der Waals surface area contributed by atoms with Gasteiger partial charge in [0, 0.05) is 6.42 Å². The lowest BCUT2D eigenvalue weighted by Gasteiger charge is -2.22. The molecule has 0 amide bonds. The molecule has 0 aliphatic heterocycles. The van der Waals surface area contributed by atoms with E-state index in [2.05, 4.69) is 0 Å². The number of hydrogen-bond acceptors (Lipinski definition) is 1. The molecule has 0 aliphatic carbocycles. The minimum atomic E-state index is -4.51. The molecule has 0 heterocycles. The summed E-state index contributed by atoms with van der Waals surface area (Å²) in [6.45, 7) is 3.03. The molecule has 0 saturated carbocycles. The van der Waals surface area contributed by atoms with Crippen molar-refractivity contribution in [3.8, 4) is 11.5 Å². The summed E-state index contributed by atoms with van der Waals surface area (Å²) in [5.41, 5.74) is -1.54. The van der Waals surface area contributed by atoms with E-state index in [1.54, 1.807) is 30.3 Å². The van der Waals surface area contributed by atoms with Crippen molar-refractivity contribution >= 4 is 13.3 Å². The molecule has 0 N–H and O–H groups in total. The number of hydrogen-bond donors (Lipinski definition) is 0. The molecule has 0 atom stereocenters. The maximum Gasteiger partial charge on any atom is 0.416 e. The van der Waals surface area contributed by atoms with Gasteiger partial charge in [0.05, 0.1) is 5.56 Å². The lowest BCUT2D eigenvalue weighted by molar-refractivity contribution is -0.137. The molecule has 32 heavy (non-hydrogen) atoms. The molecule has 0 bridgehead atoms. The molecule has 3 aromatic carbocycles. The van der Waals surface area contributed by atoms with Gasteiger partial charge in [-0.15, -0.1) is 0 Å². The molecule has 0 aromatic heterocycles. The predicted molar refractivity (Wildman–Crippen MR) is 114 cm³/mol. The summed E-state index contributed by atoms with van der Waals surface area (Å²) < 4.78 is 87.8. The van der Waals surface area contributed by atoms with Crippen molar-refractivity contribution < 1.29 is 31.1 Å². The van der Waals surface area contributed by atoms with Crippen molar-refractivity contribution in [1.29, 1.82) is 0 Å². The summed E-state index contributed by atoms with van der Waals surface area (Å²) in [7, 11) is -3.20. The monoisotopic (exact) mass is 466 g/mol. The third-order valence-corrected chi connectivity index (χ3v) is 8.19. The minimum Gasteiger partial charge on any atom is -0.454 e. The second kappa shape index (κ2) is 9.24. The van der Waals surface area contributed by atoms with Gasteiger partial charge >= 0.3 is 6.18 Å². The van der Waals surface area contributed by atoms with Gasteiger partial charge in [0.2, 0.25) is 0 Å². The second-order valence-corrected chi connectivity index (χ2v) is 12.0. The highest BCUT2D eigenvalue weighted by Gasteiger charge is 2.35. The van der Waals surface area contributed by atoms with Crippen molar-refractivity contribution in [1.82, 2.24) is 0 Å². The lowest BCUT2D eigenvalue weighted by atomic mass is 10.1. The van der Waals surface area contributed by atoms with Crippen LogP contribution in [-0.4, -0.2) is 8.07 Å². The Bertz CT molecular complexity index is 1110. The normalized spacial score (nSPS) is 13.0. The molecule has 8 heteroatoms. The van der Waals surface area contributed by atoms with E-state index in [1.165, 1.54) is 37.4 Å². The van der Waals surface area contributed by atoms with Gasteiger partial charge in [-0.05, 0) is 29.8 Å². The number of allylic oxidation sites excluding steroid dienone is 1. The summed E-state index contributed by atoms with van der Waals surface area (Å²) in [4.78, 5) is 0. The molecule has 0 fully saturated rings. The van der Waals surface area contributed by atoms with Crippen LogP contribution in [0.1, 0.15) is 11.1 Å². The standard InChI is InChI=1S/C24H20F6OSi/c1-32(2,19-11-9-17(10-12-19)24(28,29)30)23(27)21(26)14-16-8-13-20(25)22(15-16)31-18-6-4-3-5-7-18/h3-13,15H,14H2,1-2H3. The Balaban J connectivity index is 1.83. The Morgan fingerprint density at radius 3 is 2.09 bits per heavy atom. The van der Waals surface area contributed by atoms with Crippen LogP contribution in [-0.2, 0) is 12.6 Å². The second-order valence-electron chi connectivity index (χ2n) is 7.78. The predicted octanol–water partition coefficient (Wildman–Crippen LogP) is 7.48. The Hall–Kier alpha value is -3.00. The number of benzene rings is 3. The molecule has 1 nitrogen and oxygen atoms in total. The first-order valence-corrected chi connectivity index (χ1v) is 12.7. The van der Waals surface area contributed by atoms with E-state index in [0.717, 1.165) is 18.2 Å². The Kier molecular flexibility index (Phi) is 6.83. The zero-order chi connectivity index (χ0) is 23.5. The molecule has 3 rings (SSSR count). The number of alkyl halides is 3. The van der Waals surface area contributed by atoms with Gasteiger partial charge in [0.25, 0.3) is 0 Å². The van der Waals surface area contributed by atoms with Crippen LogP contribution in [0.25, 0.3) is 0 Å². The van der Waals surface area contributed by atoms with Crippen molar-refractivity contribution in [2.24, 2.45) is 0 Å². The number of para-hydroxylation sites is 1. The Morgan fingerprint density at radius 1 is 0.875 bits per heavy atom. The van der Waals surface area contributed by atoms with E-state index < -0.39 is 43.3 Å². The highest BCUT2D eigenvalue weighted by molar-refractivity contribution is 6.95. The maximum absolute atomic E-state index is 15.0. The SMILES string of the molecule is C[Si](C)(C(F)=C(F)Cc1ccc(F)c(Oc2ccccc2)c1)c1ccc(C(F)(F)F)cc1. The van der Waals surface area contributed by atoms with E-state index in [-0.39, 0.29) is 5.75 Å². The first kappa shape index (κ1) is 23.7. The van der Waals surface area contributed by atoms with Gasteiger partial charge in [-0.1, -0.05) is 66.8 Å².